The van der Waals surface area contributed by atoms with Crippen LogP contribution in [0.4, 0.5) is 0 Å². The van der Waals surface area contributed by atoms with E-state index < -0.39 is 0 Å². The molecule has 0 bridgehead atoms. The summed E-state index contributed by atoms with van der Waals surface area (Å²) in [6.45, 7) is 4.42. The molecule has 112 valence electrons. The maximum Gasteiger partial charge on any atom is 0.213 e. The van der Waals surface area contributed by atoms with Crippen LogP contribution in [-0.4, -0.2) is 18.6 Å². The highest BCUT2D eigenvalue weighted by molar-refractivity contribution is 5.27. The summed E-state index contributed by atoms with van der Waals surface area (Å²) in [5.74, 6) is 1.50. The Labute approximate surface area is 126 Å². The van der Waals surface area contributed by atoms with Crippen molar-refractivity contribution < 1.29 is 9.47 Å². The highest BCUT2D eigenvalue weighted by atomic mass is 16.5. The van der Waals surface area contributed by atoms with E-state index in [1.165, 1.54) is 0 Å². The van der Waals surface area contributed by atoms with Gasteiger partial charge in [-0.2, -0.15) is 0 Å². The van der Waals surface area contributed by atoms with Crippen molar-refractivity contribution in [2.75, 3.05) is 13.7 Å². The molecule has 0 aliphatic heterocycles. The SMILES string of the molecule is CCCNCc1cccc(OCc2ccc(OC)cc2)n1. The van der Waals surface area contributed by atoms with Gasteiger partial charge >= 0.3 is 0 Å². The monoisotopic (exact) mass is 286 g/mol. The minimum absolute atomic E-state index is 0.503. The maximum atomic E-state index is 5.73. The normalized spacial score (nSPS) is 10.4. The number of ether oxygens (including phenoxy) is 2. The lowest BCUT2D eigenvalue weighted by atomic mass is 10.2. The van der Waals surface area contributed by atoms with Crippen molar-refractivity contribution in [3.63, 3.8) is 0 Å². The third kappa shape index (κ3) is 5.08. The molecular weight excluding hydrogens is 264 g/mol. The summed E-state index contributed by atoms with van der Waals surface area (Å²) in [7, 11) is 1.66. The molecular formula is C17H22N2O2. The average molecular weight is 286 g/mol. The summed E-state index contributed by atoms with van der Waals surface area (Å²) in [6.07, 6.45) is 1.12. The van der Waals surface area contributed by atoms with Crippen LogP contribution in [0.5, 0.6) is 11.6 Å². The molecule has 0 saturated carbocycles. The van der Waals surface area contributed by atoms with Gasteiger partial charge in [0.15, 0.2) is 0 Å². The van der Waals surface area contributed by atoms with Crippen LogP contribution in [-0.2, 0) is 13.2 Å². The zero-order valence-electron chi connectivity index (χ0n) is 12.6. The lowest BCUT2D eigenvalue weighted by molar-refractivity contribution is 0.292. The van der Waals surface area contributed by atoms with Gasteiger partial charge in [-0.3, -0.25) is 0 Å². The summed E-state index contributed by atoms with van der Waals surface area (Å²) in [5, 5.41) is 3.33. The minimum Gasteiger partial charge on any atom is -0.497 e. The van der Waals surface area contributed by atoms with E-state index in [2.05, 4.69) is 17.2 Å². The fourth-order valence-electron chi connectivity index (χ4n) is 1.91. The number of methoxy groups -OCH3 is 1. The van der Waals surface area contributed by atoms with Gasteiger partial charge in [-0.15, -0.1) is 0 Å². The first kappa shape index (κ1) is 15.3. The molecule has 0 unspecified atom stereocenters. The van der Waals surface area contributed by atoms with Crippen molar-refractivity contribution >= 4 is 0 Å². The van der Waals surface area contributed by atoms with Crippen LogP contribution in [0.25, 0.3) is 0 Å². The van der Waals surface area contributed by atoms with Crippen LogP contribution < -0.4 is 14.8 Å². The van der Waals surface area contributed by atoms with Crippen LogP contribution >= 0.6 is 0 Å². The third-order valence-electron chi connectivity index (χ3n) is 3.06. The van der Waals surface area contributed by atoms with E-state index in [0.29, 0.717) is 12.5 Å². The zero-order chi connectivity index (χ0) is 14.9. The number of pyridine rings is 1. The summed E-state index contributed by atoms with van der Waals surface area (Å²) >= 11 is 0. The van der Waals surface area contributed by atoms with E-state index in [1.54, 1.807) is 7.11 Å². The van der Waals surface area contributed by atoms with Gasteiger partial charge in [0.2, 0.25) is 5.88 Å². The molecule has 0 aliphatic carbocycles. The molecule has 0 fully saturated rings. The molecule has 1 heterocycles. The Hall–Kier alpha value is -2.07. The van der Waals surface area contributed by atoms with E-state index in [1.807, 2.05) is 42.5 Å². The molecule has 0 aliphatic rings. The van der Waals surface area contributed by atoms with Gasteiger partial charge in [-0.1, -0.05) is 25.1 Å². The molecule has 2 rings (SSSR count). The Kier molecular flexibility index (Phi) is 6.03. The highest BCUT2D eigenvalue weighted by Crippen LogP contribution is 2.14. The first-order valence-electron chi connectivity index (χ1n) is 7.24. The second kappa shape index (κ2) is 8.27. The van der Waals surface area contributed by atoms with Crippen molar-refractivity contribution in [3.8, 4) is 11.6 Å². The molecule has 4 heteroatoms. The molecule has 0 saturated heterocycles. The maximum absolute atomic E-state index is 5.73. The van der Waals surface area contributed by atoms with E-state index in [-0.39, 0.29) is 0 Å². The Bertz CT molecular complexity index is 541. The Morgan fingerprint density at radius 2 is 1.90 bits per heavy atom. The molecule has 1 aromatic carbocycles. The first-order valence-corrected chi connectivity index (χ1v) is 7.24. The molecule has 21 heavy (non-hydrogen) atoms. The fraction of sp³-hybridized carbons (Fsp3) is 0.353. The summed E-state index contributed by atoms with van der Waals surface area (Å²) in [4.78, 5) is 4.48. The fourth-order valence-corrected chi connectivity index (χ4v) is 1.91. The van der Waals surface area contributed by atoms with E-state index >= 15 is 0 Å². The van der Waals surface area contributed by atoms with Gasteiger partial charge in [0, 0.05) is 12.6 Å². The van der Waals surface area contributed by atoms with Gasteiger partial charge in [-0.25, -0.2) is 4.98 Å². The van der Waals surface area contributed by atoms with Crippen LogP contribution in [0.1, 0.15) is 24.6 Å². The molecule has 1 N–H and O–H groups in total. The first-order chi connectivity index (χ1) is 10.3. The van der Waals surface area contributed by atoms with Gasteiger partial charge in [0.05, 0.1) is 12.8 Å². The number of nitrogens with zero attached hydrogens (tertiary/aromatic N) is 1. The van der Waals surface area contributed by atoms with Crippen molar-refractivity contribution in [1.82, 2.24) is 10.3 Å². The Morgan fingerprint density at radius 3 is 2.62 bits per heavy atom. The largest absolute Gasteiger partial charge is 0.497 e. The van der Waals surface area contributed by atoms with Crippen molar-refractivity contribution in [1.29, 1.82) is 0 Å². The van der Waals surface area contributed by atoms with E-state index in [0.717, 1.165) is 36.5 Å². The number of benzene rings is 1. The number of hydrogen-bond donors (Lipinski definition) is 1. The average Bonchev–Trinajstić information content (AvgIpc) is 2.54. The molecule has 0 atom stereocenters. The third-order valence-corrected chi connectivity index (χ3v) is 3.06. The topological polar surface area (TPSA) is 43.4 Å². The lowest BCUT2D eigenvalue weighted by Crippen LogP contribution is -2.14. The van der Waals surface area contributed by atoms with Crippen molar-refractivity contribution in [3.05, 3.63) is 53.7 Å². The predicted molar refractivity (Wildman–Crippen MR) is 83.6 cm³/mol. The molecule has 0 radical (unpaired) electrons. The van der Waals surface area contributed by atoms with Gasteiger partial charge in [0.1, 0.15) is 12.4 Å². The van der Waals surface area contributed by atoms with Crippen molar-refractivity contribution in [2.24, 2.45) is 0 Å². The second-order valence-electron chi connectivity index (χ2n) is 4.78. The van der Waals surface area contributed by atoms with E-state index in [9.17, 15) is 0 Å². The Morgan fingerprint density at radius 1 is 1.10 bits per heavy atom. The van der Waals surface area contributed by atoms with Crippen LogP contribution in [0, 0.1) is 0 Å². The highest BCUT2D eigenvalue weighted by Gasteiger charge is 2.00. The number of hydrogen-bond acceptors (Lipinski definition) is 4. The lowest BCUT2D eigenvalue weighted by Gasteiger charge is -2.08. The summed E-state index contributed by atoms with van der Waals surface area (Å²) < 4.78 is 10.9. The quantitative estimate of drug-likeness (QED) is 0.757. The number of aromatic nitrogens is 1. The summed E-state index contributed by atoms with van der Waals surface area (Å²) in [5.41, 5.74) is 2.09. The van der Waals surface area contributed by atoms with Crippen molar-refractivity contribution in [2.45, 2.75) is 26.5 Å². The standard InChI is InChI=1S/C17H22N2O2/c1-3-11-18-12-15-5-4-6-17(19-15)21-13-14-7-9-16(20-2)10-8-14/h4-10,18H,3,11-13H2,1-2H3. The molecule has 0 amide bonds. The molecule has 2 aromatic rings. The Balaban J connectivity index is 1.88. The zero-order valence-corrected chi connectivity index (χ0v) is 12.6. The van der Waals surface area contributed by atoms with Gasteiger partial charge in [-0.05, 0) is 36.7 Å². The predicted octanol–water partition coefficient (Wildman–Crippen LogP) is 3.17. The minimum atomic E-state index is 0.503. The van der Waals surface area contributed by atoms with Gasteiger partial charge in [0.25, 0.3) is 0 Å². The van der Waals surface area contributed by atoms with Crippen LogP contribution in [0.2, 0.25) is 0 Å². The summed E-state index contributed by atoms with van der Waals surface area (Å²) in [6, 6.07) is 13.7. The van der Waals surface area contributed by atoms with Crippen LogP contribution in [0.15, 0.2) is 42.5 Å². The number of nitrogens with one attached hydrogen (secondary N) is 1. The van der Waals surface area contributed by atoms with Crippen LogP contribution in [0.3, 0.4) is 0 Å². The smallest absolute Gasteiger partial charge is 0.213 e. The van der Waals surface area contributed by atoms with Gasteiger partial charge < -0.3 is 14.8 Å². The second-order valence-corrected chi connectivity index (χ2v) is 4.78. The molecule has 4 nitrogen and oxygen atoms in total. The van der Waals surface area contributed by atoms with E-state index in [4.69, 9.17) is 9.47 Å². The molecule has 0 spiro atoms. The molecule has 1 aromatic heterocycles. The number of rotatable bonds is 8.